The number of aliphatic hydroxyl groups is 1. The van der Waals surface area contributed by atoms with Gasteiger partial charge in [-0.1, -0.05) is 36.9 Å². The van der Waals surface area contributed by atoms with Crippen LogP contribution in [0.4, 0.5) is 0 Å². The highest BCUT2D eigenvalue weighted by atomic mass is 16.6. The molecule has 0 radical (unpaired) electrons. The third-order valence-electron chi connectivity index (χ3n) is 6.31. The molecule has 2 aromatic heterocycles. The molecule has 170 valence electrons. The Labute approximate surface area is 192 Å². The van der Waals surface area contributed by atoms with Crippen LogP contribution < -0.4 is 5.56 Å². The van der Waals surface area contributed by atoms with Gasteiger partial charge in [0.25, 0.3) is 5.56 Å². The van der Waals surface area contributed by atoms with Gasteiger partial charge < -0.3 is 19.2 Å². The van der Waals surface area contributed by atoms with Crippen LogP contribution in [0.25, 0.3) is 22.3 Å². The van der Waals surface area contributed by atoms with Gasteiger partial charge in [0.2, 0.25) is 0 Å². The third kappa shape index (κ3) is 3.26. The fourth-order valence-corrected chi connectivity index (χ4v) is 4.56. The largest absolute Gasteiger partial charge is 0.490 e. The van der Waals surface area contributed by atoms with Crippen molar-refractivity contribution in [2.45, 2.75) is 58.5 Å². The molecule has 2 aliphatic heterocycles. The second-order valence-electron chi connectivity index (χ2n) is 9.55. The van der Waals surface area contributed by atoms with Crippen molar-refractivity contribution in [3.05, 3.63) is 75.3 Å². The fraction of sp³-hybridized carbons (Fsp3) is 0.346. The van der Waals surface area contributed by atoms with Crippen LogP contribution in [0, 0.1) is 0 Å². The van der Waals surface area contributed by atoms with Crippen LogP contribution >= 0.6 is 0 Å². The molecule has 0 amide bonds. The van der Waals surface area contributed by atoms with Crippen LogP contribution in [0.3, 0.4) is 0 Å². The summed E-state index contributed by atoms with van der Waals surface area (Å²) in [6, 6.07) is 9.68. The van der Waals surface area contributed by atoms with E-state index in [0.717, 1.165) is 22.0 Å². The highest BCUT2D eigenvalue weighted by Gasteiger charge is 2.41. The smallest absolute Gasteiger partial charge is 0.258 e. The molecule has 0 saturated heterocycles. The second kappa shape index (κ2) is 7.28. The van der Waals surface area contributed by atoms with E-state index in [1.807, 2.05) is 58.0 Å². The lowest BCUT2D eigenvalue weighted by molar-refractivity contribution is -0.0172. The number of hydrogen-bond donors (Lipinski definition) is 1. The normalized spacial score (nSPS) is 19.4. The zero-order chi connectivity index (χ0) is 23.5. The number of oxime groups is 1. The molecular formula is C26H27N3O4. The van der Waals surface area contributed by atoms with Gasteiger partial charge in [0.15, 0.2) is 0 Å². The van der Waals surface area contributed by atoms with Crippen molar-refractivity contribution in [3.8, 4) is 11.4 Å². The summed E-state index contributed by atoms with van der Waals surface area (Å²) in [5.74, 6) is 0.263. The molecule has 1 N–H and O–H groups in total. The molecule has 0 saturated carbocycles. The van der Waals surface area contributed by atoms with E-state index < -0.39 is 11.2 Å². The van der Waals surface area contributed by atoms with E-state index in [0.29, 0.717) is 35.5 Å². The molecule has 5 rings (SSSR count). The van der Waals surface area contributed by atoms with Crippen molar-refractivity contribution >= 4 is 17.1 Å². The van der Waals surface area contributed by atoms with Gasteiger partial charge >= 0.3 is 0 Å². The first-order valence-electron chi connectivity index (χ1n) is 11.1. The molecule has 7 heteroatoms. The highest BCUT2D eigenvalue weighted by molar-refractivity contribution is 6.02. The first-order valence-corrected chi connectivity index (χ1v) is 11.1. The van der Waals surface area contributed by atoms with E-state index in [1.54, 1.807) is 10.8 Å². The highest BCUT2D eigenvalue weighted by Crippen LogP contribution is 2.42. The summed E-state index contributed by atoms with van der Waals surface area (Å²) in [5.41, 5.74) is 2.94. The molecule has 33 heavy (non-hydrogen) atoms. The maximum atomic E-state index is 13.5. The summed E-state index contributed by atoms with van der Waals surface area (Å²) in [6.45, 7) is 12.0. The Hall–Kier alpha value is -3.45. The Morgan fingerprint density at radius 1 is 1.33 bits per heavy atom. The lowest BCUT2D eigenvalue weighted by Crippen LogP contribution is -2.38. The zero-order valence-electron chi connectivity index (χ0n) is 19.3. The minimum Gasteiger partial charge on any atom is -0.490 e. The summed E-state index contributed by atoms with van der Waals surface area (Å²) in [7, 11) is 0. The number of aromatic nitrogens is 2. The number of ether oxygens (including phenoxy) is 1. The zero-order valence-corrected chi connectivity index (χ0v) is 19.3. The quantitative estimate of drug-likeness (QED) is 0.377. The van der Waals surface area contributed by atoms with Crippen molar-refractivity contribution in [1.29, 1.82) is 0 Å². The van der Waals surface area contributed by atoms with E-state index in [1.165, 1.54) is 0 Å². The molecule has 0 bridgehead atoms. The third-order valence-corrected chi connectivity index (χ3v) is 6.31. The van der Waals surface area contributed by atoms with Gasteiger partial charge in [0.1, 0.15) is 23.6 Å². The van der Waals surface area contributed by atoms with Crippen LogP contribution in [-0.2, 0) is 28.3 Å². The lowest BCUT2D eigenvalue weighted by Gasteiger charge is -2.35. The summed E-state index contributed by atoms with van der Waals surface area (Å²) in [4.78, 5) is 24.0. The van der Waals surface area contributed by atoms with Gasteiger partial charge in [-0.2, -0.15) is 0 Å². The summed E-state index contributed by atoms with van der Waals surface area (Å²) in [5, 5.41) is 16.5. The number of nitrogens with zero attached hydrogens (tertiary/aromatic N) is 3. The Morgan fingerprint density at radius 2 is 2.09 bits per heavy atom. The van der Waals surface area contributed by atoms with E-state index in [-0.39, 0.29) is 17.9 Å². The number of benzene rings is 1. The van der Waals surface area contributed by atoms with Crippen LogP contribution in [0.1, 0.15) is 56.4 Å². The summed E-state index contributed by atoms with van der Waals surface area (Å²) in [6.07, 6.45) is 2.06. The van der Waals surface area contributed by atoms with E-state index in [2.05, 4.69) is 11.7 Å². The molecule has 7 nitrogen and oxygen atoms in total. The van der Waals surface area contributed by atoms with Crippen molar-refractivity contribution < 1.29 is 14.7 Å². The van der Waals surface area contributed by atoms with Crippen molar-refractivity contribution in [1.82, 2.24) is 9.55 Å². The topological polar surface area (TPSA) is 85.9 Å². The Balaban J connectivity index is 1.75. The van der Waals surface area contributed by atoms with Gasteiger partial charge in [-0.15, -0.1) is 0 Å². The maximum absolute atomic E-state index is 13.5. The van der Waals surface area contributed by atoms with Crippen LogP contribution in [0.2, 0.25) is 0 Å². The molecule has 0 aliphatic carbocycles. The summed E-state index contributed by atoms with van der Waals surface area (Å²) >= 11 is 0. The number of pyridine rings is 2. The molecule has 1 aromatic carbocycles. The fourth-order valence-electron chi connectivity index (χ4n) is 4.56. The standard InChI is InChI=1S/C26H27N3O4/c1-6-26(31)15(2)32-14-19-20(26)11-22-23-18(13-29(22)24(19)30)17(12-27-33-25(3,4)5)16-9-7-8-10-21(16)28-23/h7-12,31H,2,6,13-14H2,1,3-5H3/b27-12-/t26-/m1/s1. The van der Waals surface area contributed by atoms with Crippen LogP contribution in [0.5, 0.6) is 0 Å². The first kappa shape index (κ1) is 21.4. The number of hydrogen-bond acceptors (Lipinski definition) is 6. The second-order valence-corrected chi connectivity index (χ2v) is 9.55. The van der Waals surface area contributed by atoms with Gasteiger partial charge in [-0.25, -0.2) is 4.98 Å². The molecule has 1 atom stereocenters. The predicted molar refractivity (Wildman–Crippen MR) is 127 cm³/mol. The minimum absolute atomic E-state index is 0.0923. The van der Waals surface area contributed by atoms with Gasteiger partial charge in [-0.3, -0.25) is 4.79 Å². The minimum atomic E-state index is -1.41. The molecule has 0 unspecified atom stereocenters. The van der Waals surface area contributed by atoms with Crippen molar-refractivity contribution in [2.75, 3.05) is 0 Å². The lowest BCUT2D eigenvalue weighted by atomic mass is 9.84. The maximum Gasteiger partial charge on any atom is 0.258 e. The van der Waals surface area contributed by atoms with E-state index in [9.17, 15) is 9.90 Å². The Kier molecular flexibility index (Phi) is 4.72. The average Bonchev–Trinajstić information content (AvgIpc) is 3.14. The molecule has 0 spiro atoms. The summed E-state index contributed by atoms with van der Waals surface area (Å²) < 4.78 is 7.29. The van der Waals surface area contributed by atoms with Gasteiger partial charge in [-0.05, 0) is 39.3 Å². The van der Waals surface area contributed by atoms with E-state index >= 15 is 0 Å². The monoisotopic (exact) mass is 445 g/mol. The predicted octanol–water partition coefficient (Wildman–Crippen LogP) is 4.22. The molecule has 3 aromatic rings. The number of para-hydroxylation sites is 1. The first-order chi connectivity index (χ1) is 15.6. The van der Waals surface area contributed by atoms with Gasteiger partial charge in [0.05, 0.1) is 35.2 Å². The van der Waals surface area contributed by atoms with Crippen molar-refractivity contribution in [3.63, 3.8) is 0 Å². The van der Waals surface area contributed by atoms with E-state index in [4.69, 9.17) is 14.6 Å². The SMILES string of the molecule is C=C1OCc2c(cc3n(c2=O)Cc2c-3nc3ccccc3c2/C=N\OC(C)(C)C)[C@@]1(O)CC. The molecular weight excluding hydrogens is 418 g/mol. The number of fused-ring (bicyclic) bond motifs is 5. The Morgan fingerprint density at radius 3 is 2.82 bits per heavy atom. The molecule has 0 fully saturated rings. The van der Waals surface area contributed by atoms with Gasteiger partial charge in [0, 0.05) is 22.1 Å². The number of rotatable bonds is 3. The average molecular weight is 446 g/mol. The Bertz CT molecular complexity index is 1400. The molecule has 2 aliphatic rings. The van der Waals surface area contributed by atoms with Crippen LogP contribution in [-0.4, -0.2) is 26.5 Å². The van der Waals surface area contributed by atoms with Crippen LogP contribution in [0.15, 0.2) is 52.6 Å². The van der Waals surface area contributed by atoms with Crippen molar-refractivity contribution in [2.24, 2.45) is 5.16 Å². The molecule has 4 heterocycles.